The van der Waals surface area contributed by atoms with Gasteiger partial charge in [0.05, 0.1) is 4.90 Å². The van der Waals surface area contributed by atoms with Gasteiger partial charge in [-0.3, -0.25) is 10.3 Å². The molecule has 1 aliphatic rings. The molecule has 0 unspecified atom stereocenters. The average molecular weight is 438 g/mol. The largest absolute Gasteiger partial charge is 0.492 e. The first-order valence-corrected chi connectivity index (χ1v) is 12.0. The molecule has 1 fully saturated rings. The van der Waals surface area contributed by atoms with E-state index in [1.165, 1.54) is 25.3 Å². The van der Waals surface area contributed by atoms with Gasteiger partial charge in [0.1, 0.15) is 12.4 Å². The van der Waals surface area contributed by atoms with E-state index in [9.17, 15) is 8.42 Å². The summed E-state index contributed by atoms with van der Waals surface area (Å²) in [5, 5.41) is 9.35. The van der Waals surface area contributed by atoms with Crippen molar-refractivity contribution in [2.24, 2.45) is 0 Å². The second-order valence-corrected chi connectivity index (χ2v) is 9.66. The van der Waals surface area contributed by atoms with E-state index in [0.29, 0.717) is 17.7 Å². The van der Waals surface area contributed by atoms with E-state index in [-0.39, 0.29) is 16.1 Å². The Kier molecular flexibility index (Phi) is 6.25. The SMILES string of the molecule is N=C(c1cc(OCCN2CCCCC2)ccc1N)S(=O)(=O)c1cccc2ccccc12. The quantitative estimate of drug-likeness (QED) is 0.344. The second-order valence-electron chi connectivity index (χ2n) is 7.81. The van der Waals surface area contributed by atoms with Crippen LogP contribution in [0.3, 0.4) is 0 Å². The number of anilines is 1. The maximum absolute atomic E-state index is 13.3. The van der Waals surface area contributed by atoms with Gasteiger partial charge in [-0.25, -0.2) is 8.42 Å². The predicted octanol–water partition coefficient (Wildman–Crippen LogP) is 4.09. The standard InChI is InChI=1S/C24H27N3O3S/c25-22-12-11-19(30-16-15-27-13-4-1-5-14-27)17-21(22)24(26)31(28,29)23-10-6-8-18-7-2-3-9-20(18)23/h2-3,6-12,17,26H,1,4-5,13-16,25H2. The van der Waals surface area contributed by atoms with Gasteiger partial charge in [0.25, 0.3) is 0 Å². The lowest BCUT2D eigenvalue weighted by atomic mass is 10.1. The minimum atomic E-state index is -4.06. The minimum Gasteiger partial charge on any atom is -0.492 e. The molecule has 1 aliphatic heterocycles. The summed E-state index contributed by atoms with van der Waals surface area (Å²) in [5.41, 5.74) is 6.44. The predicted molar refractivity (Wildman–Crippen MR) is 125 cm³/mol. The Morgan fingerprint density at radius 3 is 2.55 bits per heavy atom. The maximum Gasteiger partial charge on any atom is 0.224 e. The lowest BCUT2D eigenvalue weighted by Gasteiger charge is -2.26. The van der Waals surface area contributed by atoms with Crippen LogP contribution in [-0.2, 0) is 9.84 Å². The summed E-state index contributed by atoms with van der Waals surface area (Å²) in [4.78, 5) is 2.47. The first-order chi connectivity index (χ1) is 15.0. The number of hydrogen-bond donors (Lipinski definition) is 2. The molecule has 0 bridgehead atoms. The van der Waals surface area contributed by atoms with Gasteiger partial charge in [0.15, 0.2) is 5.04 Å². The van der Waals surface area contributed by atoms with Crippen molar-refractivity contribution in [3.05, 3.63) is 66.2 Å². The van der Waals surface area contributed by atoms with Crippen LogP contribution in [0.4, 0.5) is 5.69 Å². The van der Waals surface area contributed by atoms with Gasteiger partial charge in [-0.05, 0) is 55.6 Å². The Labute approximate surface area is 183 Å². The van der Waals surface area contributed by atoms with Gasteiger partial charge < -0.3 is 10.5 Å². The summed E-state index contributed by atoms with van der Waals surface area (Å²) in [6, 6.07) is 17.2. The van der Waals surface area contributed by atoms with Gasteiger partial charge in [-0.2, -0.15) is 0 Å². The summed E-state index contributed by atoms with van der Waals surface area (Å²) < 4.78 is 32.5. The van der Waals surface area contributed by atoms with Crippen LogP contribution < -0.4 is 10.5 Å². The number of rotatable bonds is 6. The number of nitrogens with two attached hydrogens (primary N) is 1. The number of nitrogens with one attached hydrogen (secondary N) is 1. The molecule has 0 saturated carbocycles. The van der Waals surface area contributed by atoms with Gasteiger partial charge in [0.2, 0.25) is 9.84 Å². The number of likely N-dealkylation sites (tertiary alicyclic amines) is 1. The third kappa shape index (κ3) is 4.57. The molecule has 3 aromatic carbocycles. The van der Waals surface area contributed by atoms with Gasteiger partial charge in [-0.1, -0.05) is 42.8 Å². The Morgan fingerprint density at radius 2 is 1.74 bits per heavy atom. The molecule has 0 spiro atoms. The number of nitrogens with zero attached hydrogens (tertiary/aromatic N) is 1. The highest BCUT2D eigenvalue weighted by atomic mass is 32.2. The fourth-order valence-corrected chi connectivity index (χ4v) is 5.40. The zero-order valence-electron chi connectivity index (χ0n) is 17.4. The molecule has 0 atom stereocenters. The van der Waals surface area contributed by atoms with Crippen LogP contribution in [0, 0.1) is 5.41 Å². The highest BCUT2D eigenvalue weighted by Gasteiger charge is 2.26. The average Bonchev–Trinajstić information content (AvgIpc) is 2.80. The molecule has 0 radical (unpaired) electrons. The molecule has 1 heterocycles. The minimum absolute atomic E-state index is 0.103. The Morgan fingerprint density at radius 1 is 1.00 bits per heavy atom. The van der Waals surface area contributed by atoms with E-state index in [1.54, 1.807) is 36.4 Å². The fraction of sp³-hybridized carbons (Fsp3) is 0.292. The number of ether oxygens (including phenoxy) is 1. The zero-order chi connectivity index (χ0) is 21.8. The Hall–Kier alpha value is -2.90. The summed E-state index contributed by atoms with van der Waals surface area (Å²) >= 11 is 0. The van der Waals surface area contributed by atoms with E-state index >= 15 is 0 Å². The molecular formula is C24H27N3O3S. The maximum atomic E-state index is 13.3. The van der Waals surface area contributed by atoms with Crippen molar-refractivity contribution in [3.63, 3.8) is 0 Å². The fourth-order valence-electron chi connectivity index (χ4n) is 3.98. The Bertz CT molecular complexity index is 1200. The van der Waals surface area contributed by atoms with Gasteiger partial charge in [0, 0.05) is 23.2 Å². The van der Waals surface area contributed by atoms with Crippen molar-refractivity contribution < 1.29 is 13.2 Å². The summed E-state index contributed by atoms with van der Waals surface area (Å²) in [6.45, 7) is 3.51. The van der Waals surface area contributed by atoms with Crippen LogP contribution >= 0.6 is 0 Å². The van der Waals surface area contributed by atoms with E-state index < -0.39 is 14.9 Å². The van der Waals surface area contributed by atoms with E-state index in [4.69, 9.17) is 15.9 Å². The van der Waals surface area contributed by atoms with Crippen LogP contribution in [-0.4, -0.2) is 44.6 Å². The molecular weight excluding hydrogens is 410 g/mol. The molecule has 31 heavy (non-hydrogen) atoms. The number of nitrogen functional groups attached to an aromatic ring is 1. The van der Waals surface area contributed by atoms with Crippen molar-refractivity contribution in [2.45, 2.75) is 24.2 Å². The smallest absolute Gasteiger partial charge is 0.224 e. The molecule has 0 amide bonds. The number of benzene rings is 3. The third-order valence-corrected chi connectivity index (χ3v) is 7.39. The molecule has 7 heteroatoms. The van der Waals surface area contributed by atoms with Crippen LogP contribution in [0.15, 0.2) is 65.6 Å². The van der Waals surface area contributed by atoms with Crippen LogP contribution in [0.5, 0.6) is 5.75 Å². The lowest BCUT2D eigenvalue weighted by Crippen LogP contribution is -2.33. The summed E-state index contributed by atoms with van der Waals surface area (Å²) in [6.07, 6.45) is 3.72. The van der Waals surface area contributed by atoms with Crippen molar-refractivity contribution in [2.75, 3.05) is 32.0 Å². The monoisotopic (exact) mass is 437 g/mol. The highest BCUT2D eigenvalue weighted by Crippen LogP contribution is 2.29. The lowest BCUT2D eigenvalue weighted by molar-refractivity contribution is 0.183. The van der Waals surface area contributed by atoms with Crippen molar-refractivity contribution in [1.29, 1.82) is 5.41 Å². The van der Waals surface area contributed by atoms with Crippen LogP contribution in [0.1, 0.15) is 24.8 Å². The Balaban J connectivity index is 1.56. The number of sulfone groups is 1. The topological polar surface area (TPSA) is 96.5 Å². The molecule has 6 nitrogen and oxygen atoms in total. The first-order valence-electron chi connectivity index (χ1n) is 10.5. The van der Waals surface area contributed by atoms with Crippen molar-refractivity contribution in [3.8, 4) is 5.75 Å². The molecule has 3 aromatic rings. The van der Waals surface area contributed by atoms with Gasteiger partial charge >= 0.3 is 0 Å². The second kappa shape index (κ2) is 9.08. The molecule has 162 valence electrons. The number of piperidine rings is 1. The summed E-state index contributed by atoms with van der Waals surface area (Å²) in [5.74, 6) is 0.513. The number of hydrogen-bond acceptors (Lipinski definition) is 6. The van der Waals surface area contributed by atoms with Crippen molar-refractivity contribution >= 4 is 31.3 Å². The van der Waals surface area contributed by atoms with Crippen molar-refractivity contribution in [1.82, 2.24) is 4.90 Å². The number of fused-ring (bicyclic) bond motifs is 1. The molecule has 0 aliphatic carbocycles. The third-order valence-electron chi connectivity index (χ3n) is 5.70. The van der Waals surface area contributed by atoms with E-state index in [2.05, 4.69) is 4.90 Å². The summed E-state index contributed by atoms with van der Waals surface area (Å²) in [7, 11) is -4.06. The molecule has 0 aromatic heterocycles. The van der Waals surface area contributed by atoms with E-state index in [0.717, 1.165) is 25.0 Å². The van der Waals surface area contributed by atoms with Crippen LogP contribution in [0.2, 0.25) is 0 Å². The molecule has 4 rings (SSSR count). The normalized spacial score (nSPS) is 15.1. The van der Waals surface area contributed by atoms with Gasteiger partial charge in [-0.15, -0.1) is 0 Å². The first kappa shape index (κ1) is 21.3. The zero-order valence-corrected chi connectivity index (χ0v) is 18.2. The highest BCUT2D eigenvalue weighted by molar-refractivity contribution is 8.07. The van der Waals surface area contributed by atoms with Crippen LogP contribution in [0.25, 0.3) is 10.8 Å². The molecule has 1 saturated heterocycles. The molecule has 3 N–H and O–H groups in total. The van der Waals surface area contributed by atoms with E-state index in [1.807, 2.05) is 18.2 Å².